The smallest absolute Gasteiger partial charge is 0.274 e. The van der Waals surface area contributed by atoms with Crippen molar-refractivity contribution in [2.24, 2.45) is 0 Å². The first-order valence-electron chi connectivity index (χ1n) is 8.86. The summed E-state index contributed by atoms with van der Waals surface area (Å²) in [5, 5.41) is 0. The highest BCUT2D eigenvalue weighted by atomic mass is 16.6. The summed E-state index contributed by atoms with van der Waals surface area (Å²) < 4.78 is 17.0. The molecule has 2 aromatic rings. The van der Waals surface area contributed by atoms with Gasteiger partial charge in [-0.25, -0.2) is 4.98 Å². The van der Waals surface area contributed by atoms with E-state index in [2.05, 4.69) is 9.97 Å². The highest BCUT2D eigenvalue weighted by Gasteiger charge is 2.22. The van der Waals surface area contributed by atoms with E-state index in [0.717, 1.165) is 23.6 Å². The second-order valence-electron chi connectivity index (χ2n) is 6.34. The van der Waals surface area contributed by atoms with Gasteiger partial charge in [-0.2, -0.15) is 0 Å². The van der Waals surface area contributed by atoms with Gasteiger partial charge in [0.15, 0.2) is 11.5 Å². The standard InChI is InChI=1S/C19H21N3O4/c23-19(22-7-9-24-10-8-22)16-12-20-11-14(21-16)5-6-15-13-25-17-3-1-2-4-18(17)26-15/h1-4,11-12,15H,5-10,13H2/t15-/m0/s1. The number of carbonyl (C=O) groups is 1. The van der Waals surface area contributed by atoms with E-state index in [1.165, 1.54) is 6.20 Å². The van der Waals surface area contributed by atoms with Crippen LogP contribution in [0.25, 0.3) is 0 Å². The molecule has 4 rings (SSSR count). The zero-order valence-corrected chi connectivity index (χ0v) is 14.5. The average molecular weight is 355 g/mol. The van der Waals surface area contributed by atoms with E-state index in [9.17, 15) is 4.79 Å². The number of morpholine rings is 1. The van der Waals surface area contributed by atoms with Gasteiger partial charge in [-0.3, -0.25) is 9.78 Å². The second-order valence-corrected chi connectivity index (χ2v) is 6.34. The van der Waals surface area contributed by atoms with Gasteiger partial charge in [-0.05, 0) is 25.0 Å². The van der Waals surface area contributed by atoms with Gasteiger partial charge < -0.3 is 19.1 Å². The summed E-state index contributed by atoms with van der Waals surface area (Å²) in [6, 6.07) is 7.66. The van der Waals surface area contributed by atoms with Gasteiger partial charge in [0.1, 0.15) is 18.4 Å². The van der Waals surface area contributed by atoms with E-state index < -0.39 is 0 Å². The fourth-order valence-electron chi connectivity index (χ4n) is 3.07. The summed E-state index contributed by atoms with van der Waals surface area (Å²) in [6.07, 6.45) is 4.61. The molecule has 1 aromatic heterocycles. The Morgan fingerprint density at radius 2 is 1.96 bits per heavy atom. The Labute approximate surface area is 151 Å². The molecule has 0 radical (unpaired) electrons. The summed E-state index contributed by atoms with van der Waals surface area (Å²) in [5.74, 6) is 1.46. The number of fused-ring (bicyclic) bond motifs is 1. The normalized spacial score (nSPS) is 19.2. The molecule has 1 amide bonds. The van der Waals surface area contributed by atoms with Crippen LogP contribution in [0.5, 0.6) is 11.5 Å². The molecule has 3 heterocycles. The molecule has 0 aliphatic carbocycles. The van der Waals surface area contributed by atoms with Gasteiger partial charge in [-0.15, -0.1) is 0 Å². The van der Waals surface area contributed by atoms with Gasteiger partial charge in [0.2, 0.25) is 0 Å². The Morgan fingerprint density at radius 3 is 2.81 bits per heavy atom. The molecule has 1 saturated heterocycles. The van der Waals surface area contributed by atoms with Gasteiger partial charge in [-0.1, -0.05) is 12.1 Å². The molecule has 0 spiro atoms. The maximum atomic E-state index is 12.5. The number of aromatic nitrogens is 2. The summed E-state index contributed by atoms with van der Waals surface area (Å²) in [4.78, 5) is 22.9. The lowest BCUT2D eigenvalue weighted by atomic mass is 10.1. The van der Waals surface area contributed by atoms with Gasteiger partial charge >= 0.3 is 0 Å². The SMILES string of the molecule is O=C(c1cncc(CC[C@H]2COc3ccccc3O2)n1)N1CCOCC1. The van der Waals surface area contributed by atoms with Crippen molar-refractivity contribution < 1.29 is 19.0 Å². The number of hydrogen-bond acceptors (Lipinski definition) is 6. The highest BCUT2D eigenvalue weighted by molar-refractivity contribution is 5.92. The third-order valence-electron chi connectivity index (χ3n) is 4.49. The molecule has 1 atom stereocenters. The van der Waals surface area contributed by atoms with Crippen LogP contribution in [0.1, 0.15) is 22.6 Å². The first-order valence-corrected chi connectivity index (χ1v) is 8.86. The number of para-hydroxylation sites is 2. The zero-order valence-electron chi connectivity index (χ0n) is 14.5. The predicted molar refractivity (Wildman–Crippen MR) is 93.4 cm³/mol. The topological polar surface area (TPSA) is 73.8 Å². The molecular formula is C19H21N3O4. The van der Waals surface area contributed by atoms with Crippen LogP contribution in [0, 0.1) is 0 Å². The van der Waals surface area contributed by atoms with E-state index in [4.69, 9.17) is 14.2 Å². The van der Waals surface area contributed by atoms with Crippen LogP contribution in [-0.4, -0.2) is 59.8 Å². The van der Waals surface area contributed by atoms with Crippen molar-refractivity contribution in [2.45, 2.75) is 18.9 Å². The van der Waals surface area contributed by atoms with Crippen molar-refractivity contribution in [3.63, 3.8) is 0 Å². The first kappa shape index (κ1) is 16.8. The molecule has 1 fully saturated rings. The van der Waals surface area contributed by atoms with Crippen molar-refractivity contribution in [3.05, 3.63) is 48.0 Å². The van der Waals surface area contributed by atoms with E-state index in [0.29, 0.717) is 45.0 Å². The van der Waals surface area contributed by atoms with E-state index in [-0.39, 0.29) is 12.0 Å². The van der Waals surface area contributed by atoms with E-state index in [1.54, 1.807) is 11.1 Å². The second kappa shape index (κ2) is 7.70. The Morgan fingerprint density at radius 1 is 1.15 bits per heavy atom. The highest BCUT2D eigenvalue weighted by Crippen LogP contribution is 2.31. The number of carbonyl (C=O) groups excluding carboxylic acids is 1. The Balaban J connectivity index is 1.36. The fraction of sp³-hybridized carbons (Fsp3) is 0.421. The molecular weight excluding hydrogens is 334 g/mol. The minimum Gasteiger partial charge on any atom is -0.486 e. The Hall–Kier alpha value is -2.67. The largest absolute Gasteiger partial charge is 0.486 e. The third kappa shape index (κ3) is 3.77. The molecule has 136 valence electrons. The number of amides is 1. The van der Waals surface area contributed by atoms with Crippen molar-refractivity contribution in [1.29, 1.82) is 0 Å². The molecule has 0 unspecified atom stereocenters. The lowest BCUT2D eigenvalue weighted by Crippen LogP contribution is -2.41. The number of rotatable bonds is 4. The summed E-state index contributed by atoms with van der Waals surface area (Å²) in [7, 11) is 0. The molecule has 26 heavy (non-hydrogen) atoms. The lowest BCUT2D eigenvalue weighted by Gasteiger charge is -2.27. The lowest BCUT2D eigenvalue weighted by molar-refractivity contribution is 0.0298. The van der Waals surface area contributed by atoms with Crippen LogP contribution in [-0.2, 0) is 11.2 Å². The quantitative estimate of drug-likeness (QED) is 0.831. The van der Waals surface area contributed by atoms with Crippen LogP contribution in [0.2, 0.25) is 0 Å². The molecule has 1 aromatic carbocycles. The minimum absolute atomic E-state index is 0.0368. The molecule has 7 nitrogen and oxygen atoms in total. The molecule has 0 N–H and O–H groups in total. The zero-order chi connectivity index (χ0) is 17.8. The number of ether oxygens (including phenoxy) is 3. The van der Waals surface area contributed by atoms with Crippen molar-refractivity contribution in [2.75, 3.05) is 32.9 Å². The minimum atomic E-state index is -0.0890. The predicted octanol–water partition coefficient (Wildman–Crippen LogP) is 1.72. The number of nitrogens with zero attached hydrogens (tertiary/aromatic N) is 3. The van der Waals surface area contributed by atoms with Crippen LogP contribution in [0.3, 0.4) is 0 Å². The monoisotopic (exact) mass is 355 g/mol. The van der Waals surface area contributed by atoms with Crippen molar-refractivity contribution in [1.82, 2.24) is 14.9 Å². The number of hydrogen-bond donors (Lipinski definition) is 0. The molecule has 0 bridgehead atoms. The average Bonchev–Trinajstić information content (AvgIpc) is 2.72. The van der Waals surface area contributed by atoms with Gasteiger partial charge in [0, 0.05) is 19.3 Å². The number of benzene rings is 1. The molecule has 0 saturated carbocycles. The van der Waals surface area contributed by atoms with Gasteiger partial charge in [0.05, 0.1) is 25.1 Å². The van der Waals surface area contributed by atoms with E-state index in [1.807, 2.05) is 24.3 Å². The summed E-state index contributed by atoms with van der Waals surface area (Å²) in [5.41, 5.74) is 1.17. The maximum Gasteiger partial charge on any atom is 0.274 e. The van der Waals surface area contributed by atoms with E-state index >= 15 is 0 Å². The molecule has 2 aliphatic rings. The van der Waals surface area contributed by atoms with Crippen LogP contribution in [0.4, 0.5) is 0 Å². The first-order chi connectivity index (χ1) is 12.8. The molecule has 7 heteroatoms. The van der Waals surface area contributed by atoms with Crippen molar-refractivity contribution in [3.8, 4) is 11.5 Å². The maximum absolute atomic E-state index is 12.5. The van der Waals surface area contributed by atoms with Crippen molar-refractivity contribution >= 4 is 5.91 Å². The number of aryl methyl sites for hydroxylation is 1. The third-order valence-corrected chi connectivity index (χ3v) is 4.49. The van der Waals surface area contributed by atoms with Crippen LogP contribution >= 0.6 is 0 Å². The Bertz CT molecular complexity index is 777. The van der Waals surface area contributed by atoms with Crippen LogP contribution in [0.15, 0.2) is 36.7 Å². The summed E-state index contributed by atoms with van der Waals surface area (Å²) >= 11 is 0. The van der Waals surface area contributed by atoms with Gasteiger partial charge in [0.25, 0.3) is 5.91 Å². The summed E-state index contributed by atoms with van der Waals surface area (Å²) in [6.45, 7) is 2.84. The fourth-order valence-corrected chi connectivity index (χ4v) is 3.07. The Kier molecular flexibility index (Phi) is 4.97. The molecule has 2 aliphatic heterocycles. The van der Waals surface area contributed by atoms with Crippen LogP contribution < -0.4 is 9.47 Å².